The number of carboxylic acids is 1. The van der Waals surface area contributed by atoms with Crippen LogP contribution in [0.4, 0.5) is 15.0 Å². The number of fused-ring (bicyclic) bond motifs is 1. The molecule has 0 saturated carbocycles. The van der Waals surface area contributed by atoms with Gasteiger partial charge in [0.2, 0.25) is 0 Å². The first kappa shape index (κ1) is 33.7. The molecule has 9 heteroatoms. The largest absolute Gasteiger partial charge is 0.491 e. The minimum Gasteiger partial charge on any atom is -0.491 e. The minimum atomic E-state index is -0.870. The lowest BCUT2D eigenvalue weighted by Gasteiger charge is -2.23. The molecule has 218 valence electrons. The molecule has 1 aromatic carbocycles. The second-order valence-electron chi connectivity index (χ2n) is 8.72. The zero-order valence-electron chi connectivity index (χ0n) is 24.5. The summed E-state index contributed by atoms with van der Waals surface area (Å²) in [6, 6.07) is 10.3. The van der Waals surface area contributed by atoms with Gasteiger partial charge in [-0.25, -0.2) is 14.2 Å². The van der Waals surface area contributed by atoms with Gasteiger partial charge < -0.3 is 25.0 Å². The van der Waals surface area contributed by atoms with Crippen molar-refractivity contribution < 1.29 is 23.8 Å². The van der Waals surface area contributed by atoms with Crippen molar-refractivity contribution >= 4 is 17.8 Å². The molecule has 8 nitrogen and oxygen atoms in total. The monoisotopic (exact) mass is 546 g/mol. The molecular formula is C30H47FN4O4. The van der Waals surface area contributed by atoms with Crippen molar-refractivity contribution in [2.24, 2.45) is 0 Å². The summed E-state index contributed by atoms with van der Waals surface area (Å²) >= 11 is 0. The number of amides is 2. The predicted octanol–water partition coefficient (Wildman–Crippen LogP) is 6.25. The molecule has 0 spiro atoms. The van der Waals surface area contributed by atoms with Crippen LogP contribution < -0.4 is 10.1 Å². The molecule has 2 aliphatic heterocycles. The maximum absolute atomic E-state index is 12.7. The van der Waals surface area contributed by atoms with E-state index in [4.69, 9.17) is 9.84 Å². The summed E-state index contributed by atoms with van der Waals surface area (Å²) in [7, 11) is 0. The molecule has 2 amide bonds. The van der Waals surface area contributed by atoms with E-state index in [1.165, 1.54) is 11.6 Å². The van der Waals surface area contributed by atoms with Crippen LogP contribution in [0.5, 0.6) is 5.75 Å². The van der Waals surface area contributed by atoms with E-state index in [2.05, 4.69) is 22.4 Å². The predicted molar refractivity (Wildman–Crippen MR) is 155 cm³/mol. The number of aliphatic carboxylic acids is 1. The molecule has 0 bridgehead atoms. The van der Waals surface area contributed by atoms with E-state index < -0.39 is 5.97 Å². The zero-order valence-corrected chi connectivity index (χ0v) is 24.5. The maximum Gasteiger partial charge on any atom is 0.320 e. The third-order valence-electron chi connectivity index (χ3n) is 6.08. The highest BCUT2D eigenvalue weighted by atomic mass is 19.1. The topological polar surface area (TPSA) is 95.0 Å². The van der Waals surface area contributed by atoms with Crippen LogP contribution in [0, 0.1) is 5.82 Å². The lowest BCUT2D eigenvalue weighted by Crippen LogP contribution is -2.39. The zero-order chi connectivity index (χ0) is 29.2. The highest BCUT2D eigenvalue weighted by Gasteiger charge is 2.32. The van der Waals surface area contributed by atoms with Crippen LogP contribution >= 0.6 is 0 Å². The molecule has 2 N–H and O–H groups in total. The van der Waals surface area contributed by atoms with Gasteiger partial charge >= 0.3 is 12.0 Å². The number of para-hydroxylation sites is 1. The van der Waals surface area contributed by atoms with Crippen LogP contribution in [0.15, 0.2) is 36.4 Å². The van der Waals surface area contributed by atoms with Crippen LogP contribution in [0.25, 0.3) is 0 Å². The van der Waals surface area contributed by atoms with E-state index in [9.17, 15) is 14.0 Å². The van der Waals surface area contributed by atoms with Crippen LogP contribution in [0.1, 0.15) is 72.1 Å². The number of ether oxygens (including phenoxy) is 1. The number of carboxylic acid groups (broad SMARTS) is 1. The molecule has 1 atom stereocenters. The van der Waals surface area contributed by atoms with Crippen LogP contribution in [-0.2, 0) is 17.6 Å². The van der Waals surface area contributed by atoms with Crippen LogP contribution in [-0.4, -0.2) is 70.7 Å². The van der Waals surface area contributed by atoms with Gasteiger partial charge in [0.15, 0.2) is 11.6 Å². The summed E-state index contributed by atoms with van der Waals surface area (Å²) in [5, 5.41) is 12.2. The molecule has 1 aromatic heterocycles. The van der Waals surface area contributed by atoms with Gasteiger partial charge in [-0.2, -0.15) is 0 Å². The van der Waals surface area contributed by atoms with Crippen molar-refractivity contribution in [3.05, 3.63) is 53.5 Å². The van der Waals surface area contributed by atoms with Crippen LogP contribution in [0.2, 0.25) is 0 Å². The molecule has 3 heterocycles. The van der Waals surface area contributed by atoms with Gasteiger partial charge in [-0.1, -0.05) is 45.9 Å². The van der Waals surface area contributed by atoms with E-state index in [0.717, 1.165) is 43.7 Å². The minimum absolute atomic E-state index is 0.00831. The number of nitrogens with one attached hydrogen (secondary N) is 1. The normalized spacial score (nSPS) is 14.3. The van der Waals surface area contributed by atoms with Gasteiger partial charge in [-0.3, -0.25) is 4.79 Å². The van der Waals surface area contributed by atoms with Crippen molar-refractivity contribution in [2.75, 3.05) is 38.1 Å². The molecule has 0 radical (unpaired) electrons. The number of aromatic nitrogens is 1. The lowest BCUT2D eigenvalue weighted by molar-refractivity contribution is -0.137. The highest BCUT2D eigenvalue weighted by Crippen LogP contribution is 2.21. The molecule has 1 unspecified atom stereocenters. The van der Waals surface area contributed by atoms with E-state index in [1.54, 1.807) is 30.0 Å². The molecule has 1 fully saturated rings. The second-order valence-corrected chi connectivity index (χ2v) is 8.72. The Balaban J connectivity index is 0.000000454. The third-order valence-corrected chi connectivity index (χ3v) is 6.08. The Kier molecular flexibility index (Phi) is 16.2. The number of carbonyl (C=O) groups excluding carboxylic acids is 1. The number of hydrogen-bond acceptors (Lipinski definition) is 5. The Bertz CT molecular complexity index is 1000. The van der Waals surface area contributed by atoms with Gasteiger partial charge in [0.25, 0.3) is 0 Å². The fourth-order valence-electron chi connectivity index (χ4n) is 4.26. The fraction of sp³-hybridized carbons (Fsp3) is 0.567. The number of aryl methyl sites for hydroxylation is 2. The number of benzene rings is 1. The van der Waals surface area contributed by atoms with Gasteiger partial charge in [-0.05, 0) is 63.3 Å². The fourth-order valence-corrected chi connectivity index (χ4v) is 4.26. The van der Waals surface area contributed by atoms with Crippen molar-refractivity contribution in [3.63, 3.8) is 0 Å². The Morgan fingerprint density at radius 2 is 1.87 bits per heavy atom. The number of carbonyl (C=O) groups is 2. The number of anilines is 1. The molecular weight excluding hydrogens is 499 g/mol. The molecule has 4 rings (SSSR count). The third kappa shape index (κ3) is 11.1. The average Bonchev–Trinajstić information content (AvgIpc) is 3.32. The summed E-state index contributed by atoms with van der Waals surface area (Å²) in [5.74, 6) is 0.162. The summed E-state index contributed by atoms with van der Waals surface area (Å²) in [6.07, 6.45) is 3.93. The number of urea groups is 1. The van der Waals surface area contributed by atoms with Crippen molar-refractivity contribution in [2.45, 2.75) is 79.7 Å². The molecule has 2 aromatic rings. The first-order chi connectivity index (χ1) is 18.9. The molecule has 0 aliphatic carbocycles. The van der Waals surface area contributed by atoms with Crippen molar-refractivity contribution in [1.82, 2.24) is 14.8 Å². The standard InChI is InChI=1S/C18H26N4O3.C8H9FO.2C2H6/c1-13(12-16(23)24)22-11-10-21(18(22)25)9-3-5-15-7-6-14-4-2-8-19-17(14)20-15;1-2-10-8-6-4-3-5-7(8)9;2*1-2/h6-7,13H,2-5,8-12H2,1H3,(H,19,20)(H,23,24);3-6H,2H2,1H3;2*1-2H3. The SMILES string of the molecule is CC.CC.CC(CC(=O)O)N1CCN(CCCc2ccc3c(n2)NCCC3)C1=O.CCOc1ccccc1F. The average molecular weight is 547 g/mol. The number of halogens is 1. The highest BCUT2D eigenvalue weighted by molar-refractivity contribution is 5.78. The first-order valence-corrected chi connectivity index (χ1v) is 14.3. The van der Waals surface area contributed by atoms with Gasteiger partial charge in [0, 0.05) is 37.9 Å². The number of nitrogens with zero attached hydrogens (tertiary/aromatic N) is 3. The van der Waals surface area contributed by atoms with Crippen molar-refractivity contribution in [3.8, 4) is 5.75 Å². The van der Waals surface area contributed by atoms with Crippen molar-refractivity contribution in [1.29, 1.82) is 0 Å². The number of rotatable bonds is 9. The number of hydrogen-bond donors (Lipinski definition) is 2. The molecule has 39 heavy (non-hydrogen) atoms. The molecule has 2 aliphatic rings. The van der Waals surface area contributed by atoms with Crippen LogP contribution in [0.3, 0.4) is 0 Å². The maximum atomic E-state index is 12.7. The Labute approximate surface area is 233 Å². The van der Waals surface area contributed by atoms with E-state index >= 15 is 0 Å². The first-order valence-electron chi connectivity index (χ1n) is 14.3. The van der Waals surface area contributed by atoms with Gasteiger partial charge in [0.1, 0.15) is 5.82 Å². The smallest absolute Gasteiger partial charge is 0.320 e. The number of pyridine rings is 1. The summed E-state index contributed by atoms with van der Waals surface area (Å²) < 4.78 is 17.6. The molecule has 1 saturated heterocycles. The Hall–Kier alpha value is -3.36. The summed E-state index contributed by atoms with van der Waals surface area (Å²) in [6.45, 7) is 15.1. The quantitative estimate of drug-likeness (QED) is 0.386. The van der Waals surface area contributed by atoms with E-state index in [0.29, 0.717) is 32.0 Å². The van der Waals surface area contributed by atoms with E-state index in [1.807, 2.05) is 39.5 Å². The Morgan fingerprint density at radius 1 is 1.15 bits per heavy atom. The van der Waals surface area contributed by atoms with Gasteiger partial charge in [0.05, 0.1) is 13.0 Å². The lowest BCUT2D eigenvalue weighted by atomic mass is 10.1. The van der Waals surface area contributed by atoms with Gasteiger partial charge in [-0.15, -0.1) is 0 Å². The summed E-state index contributed by atoms with van der Waals surface area (Å²) in [4.78, 5) is 31.4. The Morgan fingerprint density at radius 3 is 2.54 bits per heavy atom. The second kappa shape index (κ2) is 18.8. The van der Waals surface area contributed by atoms with E-state index in [-0.39, 0.29) is 24.3 Å². The summed E-state index contributed by atoms with van der Waals surface area (Å²) in [5.41, 5.74) is 2.34.